The van der Waals surface area contributed by atoms with Gasteiger partial charge >= 0.3 is 5.97 Å². The summed E-state index contributed by atoms with van der Waals surface area (Å²) in [6.07, 6.45) is 0.383. The largest absolute Gasteiger partial charge is 0.478 e. The van der Waals surface area contributed by atoms with E-state index in [2.05, 4.69) is 10.5 Å². The molecular formula is C16H17ClN2O4. The highest BCUT2D eigenvalue weighted by Gasteiger charge is 2.41. The second-order valence-corrected chi connectivity index (χ2v) is 6.58. The highest BCUT2D eigenvalue weighted by atomic mass is 35.5. The Morgan fingerprint density at radius 3 is 2.96 bits per heavy atom. The van der Waals surface area contributed by atoms with Gasteiger partial charge in [0.25, 0.3) is 0 Å². The number of carboxylic acids is 1. The van der Waals surface area contributed by atoms with Crippen LogP contribution in [0.2, 0.25) is 5.02 Å². The summed E-state index contributed by atoms with van der Waals surface area (Å²) in [4.78, 5) is 21.3. The summed E-state index contributed by atoms with van der Waals surface area (Å²) in [5.41, 5.74) is 3.05. The van der Waals surface area contributed by atoms with Gasteiger partial charge in [-0.25, -0.2) is 4.79 Å². The number of aromatic nitrogens is 1. The molecule has 0 spiro atoms. The minimum atomic E-state index is -1.14. The van der Waals surface area contributed by atoms with Crippen LogP contribution in [0.5, 0.6) is 5.75 Å². The summed E-state index contributed by atoms with van der Waals surface area (Å²) >= 11 is 6.15. The summed E-state index contributed by atoms with van der Waals surface area (Å²) in [7, 11) is 0. The SMILES string of the molecule is CC1(C)CC(C(Oc2ccc(Cl)c3cccnc23)C(=O)O)ON1. The van der Waals surface area contributed by atoms with Crippen LogP contribution in [-0.2, 0) is 9.63 Å². The number of pyridine rings is 1. The normalized spacial score (nSPS) is 21.3. The number of hydrogen-bond donors (Lipinski definition) is 2. The molecule has 1 aromatic carbocycles. The number of aliphatic carboxylic acids is 1. The van der Waals surface area contributed by atoms with Gasteiger partial charge in [-0.2, -0.15) is 5.48 Å². The molecule has 0 saturated carbocycles. The number of carbonyl (C=O) groups is 1. The lowest BCUT2D eigenvalue weighted by atomic mass is 9.97. The van der Waals surface area contributed by atoms with Crippen molar-refractivity contribution in [3.63, 3.8) is 0 Å². The lowest BCUT2D eigenvalue weighted by molar-refractivity contribution is -0.153. The van der Waals surface area contributed by atoms with Crippen LogP contribution < -0.4 is 10.2 Å². The Labute approximate surface area is 138 Å². The fourth-order valence-corrected chi connectivity index (χ4v) is 2.83. The van der Waals surface area contributed by atoms with Gasteiger partial charge in [-0.15, -0.1) is 0 Å². The minimum absolute atomic E-state index is 0.304. The smallest absolute Gasteiger partial charge is 0.347 e. The van der Waals surface area contributed by atoms with Crippen molar-refractivity contribution in [3.8, 4) is 5.75 Å². The Morgan fingerprint density at radius 2 is 2.30 bits per heavy atom. The Kier molecular flexibility index (Phi) is 4.14. The molecular weight excluding hydrogens is 320 g/mol. The number of carboxylic acid groups (broad SMARTS) is 1. The highest BCUT2D eigenvalue weighted by Crippen LogP contribution is 2.32. The van der Waals surface area contributed by atoms with Crippen LogP contribution >= 0.6 is 11.6 Å². The lowest BCUT2D eigenvalue weighted by Crippen LogP contribution is -2.39. The topological polar surface area (TPSA) is 80.7 Å². The molecule has 2 aromatic rings. The van der Waals surface area contributed by atoms with Gasteiger partial charge in [-0.3, -0.25) is 9.82 Å². The summed E-state index contributed by atoms with van der Waals surface area (Å²) in [6, 6.07) is 6.86. The molecule has 7 heteroatoms. The van der Waals surface area contributed by atoms with E-state index in [0.717, 1.165) is 0 Å². The summed E-state index contributed by atoms with van der Waals surface area (Å²) in [6.45, 7) is 3.87. The number of benzene rings is 1. The van der Waals surface area contributed by atoms with E-state index in [-0.39, 0.29) is 5.54 Å². The zero-order valence-corrected chi connectivity index (χ0v) is 13.5. The lowest BCUT2D eigenvalue weighted by Gasteiger charge is -2.21. The van der Waals surface area contributed by atoms with Crippen LogP contribution in [0.3, 0.4) is 0 Å². The van der Waals surface area contributed by atoms with Crippen LogP contribution in [0, 0.1) is 0 Å². The fourth-order valence-electron chi connectivity index (χ4n) is 2.62. The Balaban J connectivity index is 1.93. The van der Waals surface area contributed by atoms with Crippen LogP contribution in [0.25, 0.3) is 10.9 Å². The quantitative estimate of drug-likeness (QED) is 0.893. The van der Waals surface area contributed by atoms with E-state index < -0.39 is 18.2 Å². The van der Waals surface area contributed by atoms with Crippen LogP contribution in [-0.4, -0.2) is 33.8 Å². The number of halogens is 1. The molecule has 2 N–H and O–H groups in total. The average molecular weight is 337 g/mol. The third-order valence-electron chi connectivity index (χ3n) is 3.71. The van der Waals surface area contributed by atoms with Gasteiger partial charge in [0.15, 0.2) is 0 Å². The monoisotopic (exact) mass is 336 g/mol. The van der Waals surface area contributed by atoms with Gasteiger partial charge < -0.3 is 9.84 Å². The molecule has 2 unspecified atom stereocenters. The maximum Gasteiger partial charge on any atom is 0.347 e. The number of nitrogens with one attached hydrogen (secondary N) is 1. The van der Waals surface area contributed by atoms with E-state index in [1.807, 2.05) is 19.9 Å². The van der Waals surface area contributed by atoms with Crippen molar-refractivity contribution in [2.45, 2.75) is 38.0 Å². The third-order valence-corrected chi connectivity index (χ3v) is 4.04. The Hall–Kier alpha value is -1.89. The van der Waals surface area contributed by atoms with Crippen LogP contribution in [0.4, 0.5) is 0 Å². The maximum atomic E-state index is 11.6. The van der Waals surface area contributed by atoms with E-state index in [4.69, 9.17) is 21.2 Å². The van der Waals surface area contributed by atoms with E-state index in [1.54, 1.807) is 24.4 Å². The highest BCUT2D eigenvalue weighted by molar-refractivity contribution is 6.35. The van der Waals surface area contributed by atoms with Crippen molar-refractivity contribution in [1.82, 2.24) is 10.5 Å². The molecule has 0 radical (unpaired) electrons. The number of hydrogen-bond acceptors (Lipinski definition) is 5. The number of nitrogens with zero attached hydrogens (tertiary/aromatic N) is 1. The van der Waals surface area contributed by atoms with Crippen molar-refractivity contribution in [2.24, 2.45) is 0 Å². The molecule has 0 bridgehead atoms. The first-order valence-electron chi connectivity index (χ1n) is 7.23. The van der Waals surface area contributed by atoms with Gasteiger partial charge in [-0.1, -0.05) is 11.6 Å². The molecule has 1 aromatic heterocycles. The second kappa shape index (κ2) is 5.96. The van der Waals surface area contributed by atoms with Crippen molar-refractivity contribution < 1.29 is 19.5 Å². The van der Waals surface area contributed by atoms with Gasteiger partial charge in [0.05, 0.1) is 5.02 Å². The van der Waals surface area contributed by atoms with Gasteiger partial charge in [0, 0.05) is 17.1 Å². The molecule has 0 amide bonds. The van der Waals surface area contributed by atoms with E-state index in [0.29, 0.717) is 28.1 Å². The molecule has 1 saturated heterocycles. The standard InChI is InChI=1S/C16H17ClN2O4/c1-16(2)8-12(23-19-16)14(15(20)21)22-11-6-5-10(17)9-4-3-7-18-13(9)11/h3-7,12,14,19H,8H2,1-2H3,(H,20,21). The maximum absolute atomic E-state index is 11.6. The Morgan fingerprint density at radius 1 is 1.52 bits per heavy atom. The molecule has 6 nitrogen and oxygen atoms in total. The van der Waals surface area contributed by atoms with Crippen molar-refractivity contribution in [2.75, 3.05) is 0 Å². The number of hydroxylamine groups is 1. The van der Waals surface area contributed by atoms with Crippen molar-refractivity contribution >= 4 is 28.5 Å². The zero-order valence-electron chi connectivity index (χ0n) is 12.7. The minimum Gasteiger partial charge on any atom is -0.478 e. The first-order chi connectivity index (χ1) is 10.9. The molecule has 2 atom stereocenters. The van der Waals surface area contributed by atoms with Crippen LogP contribution in [0.15, 0.2) is 30.5 Å². The first-order valence-corrected chi connectivity index (χ1v) is 7.61. The molecule has 122 valence electrons. The Bertz CT molecular complexity index is 750. The molecule has 1 aliphatic heterocycles. The molecule has 0 aliphatic carbocycles. The van der Waals surface area contributed by atoms with Crippen LogP contribution in [0.1, 0.15) is 20.3 Å². The van der Waals surface area contributed by atoms with Crippen molar-refractivity contribution in [1.29, 1.82) is 0 Å². The predicted molar refractivity (Wildman–Crippen MR) is 85.5 cm³/mol. The molecule has 2 heterocycles. The number of ether oxygens (including phenoxy) is 1. The summed E-state index contributed by atoms with van der Waals surface area (Å²) in [5.74, 6) is -0.723. The molecule has 3 rings (SSSR count). The number of rotatable bonds is 4. The first kappa shape index (κ1) is 16.0. The zero-order chi connectivity index (χ0) is 16.6. The van der Waals surface area contributed by atoms with E-state index >= 15 is 0 Å². The van der Waals surface area contributed by atoms with Gasteiger partial charge in [0.1, 0.15) is 17.4 Å². The second-order valence-electron chi connectivity index (χ2n) is 6.17. The third kappa shape index (κ3) is 3.24. The summed E-state index contributed by atoms with van der Waals surface area (Å²) < 4.78 is 5.74. The fraction of sp³-hybridized carbons (Fsp3) is 0.375. The van der Waals surface area contributed by atoms with E-state index in [1.165, 1.54) is 0 Å². The van der Waals surface area contributed by atoms with Crippen molar-refractivity contribution in [3.05, 3.63) is 35.5 Å². The predicted octanol–water partition coefficient (Wildman–Crippen LogP) is 2.79. The average Bonchev–Trinajstić information content (AvgIpc) is 2.86. The molecule has 1 aliphatic rings. The molecule has 23 heavy (non-hydrogen) atoms. The van der Waals surface area contributed by atoms with E-state index in [9.17, 15) is 9.90 Å². The molecule has 1 fully saturated rings. The number of fused-ring (bicyclic) bond motifs is 1. The van der Waals surface area contributed by atoms with Gasteiger partial charge in [0.2, 0.25) is 6.10 Å². The summed E-state index contributed by atoms with van der Waals surface area (Å²) in [5, 5.41) is 10.8. The van der Waals surface area contributed by atoms with Gasteiger partial charge in [-0.05, 0) is 44.5 Å².